The van der Waals surface area contributed by atoms with Crippen LogP contribution in [0.25, 0.3) is 6.08 Å². The van der Waals surface area contributed by atoms with Gasteiger partial charge < -0.3 is 14.4 Å². The van der Waals surface area contributed by atoms with E-state index in [1.807, 2.05) is 30.5 Å². The Morgan fingerprint density at radius 2 is 2.13 bits per heavy atom. The number of carbonyl (C=O) groups is 2. The summed E-state index contributed by atoms with van der Waals surface area (Å²) in [6.07, 6.45) is 3.06. The van der Waals surface area contributed by atoms with Crippen molar-refractivity contribution in [3.05, 3.63) is 41.6 Å². The van der Waals surface area contributed by atoms with Gasteiger partial charge in [0, 0.05) is 12.1 Å². The van der Waals surface area contributed by atoms with E-state index >= 15 is 0 Å². The maximum absolute atomic E-state index is 12.9. The number of ether oxygens (including phenoxy) is 2. The molecule has 6 atom stereocenters. The number of hydrogen-bond acceptors (Lipinski definition) is 5. The normalized spacial score (nSPS) is 39.9. The zero-order chi connectivity index (χ0) is 15.7. The fourth-order valence-corrected chi connectivity index (χ4v) is 4.79. The van der Waals surface area contributed by atoms with Crippen LogP contribution in [0, 0.1) is 11.8 Å². The second-order valence-corrected chi connectivity index (χ2v) is 6.74. The minimum Gasteiger partial charge on any atom is -0.359 e. The lowest BCUT2D eigenvalue weighted by Gasteiger charge is -2.34. The van der Waals surface area contributed by atoms with E-state index < -0.39 is 6.29 Å². The van der Waals surface area contributed by atoms with Crippen molar-refractivity contribution >= 4 is 17.6 Å². The highest BCUT2D eigenvalue weighted by Crippen LogP contribution is 2.54. The summed E-state index contributed by atoms with van der Waals surface area (Å²) in [5, 5.41) is 0. The number of nitrogens with zero attached hydrogens (tertiary/aromatic N) is 1. The summed E-state index contributed by atoms with van der Waals surface area (Å²) in [7, 11) is 0. The van der Waals surface area contributed by atoms with Gasteiger partial charge in [-0.05, 0) is 24.1 Å². The summed E-state index contributed by atoms with van der Waals surface area (Å²) in [6.45, 7) is 2.00. The third-order valence-corrected chi connectivity index (χ3v) is 5.62. The molecule has 0 aromatic heterocycles. The Balaban J connectivity index is 1.70. The maximum Gasteiger partial charge on any atom is 0.218 e. The van der Waals surface area contributed by atoms with Crippen LogP contribution in [0.1, 0.15) is 24.1 Å². The fraction of sp³-hybridized carbons (Fsp3) is 0.444. The third kappa shape index (κ3) is 1.64. The zero-order valence-electron chi connectivity index (χ0n) is 12.7. The first-order chi connectivity index (χ1) is 11.2. The largest absolute Gasteiger partial charge is 0.359 e. The molecule has 0 spiro atoms. The van der Waals surface area contributed by atoms with Crippen LogP contribution in [-0.4, -0.2) is 41.5 Å². The van der Waals surface area contributed by atoms with E-state index in [0.29, 0.717) is 6.61 Å². The van der Waals surface area contributed by atoms with Crippen molar-refractivity contribution < 1.29 is 19.1 Å². The summed E-state index contributed by atoms with van der Waals surface area (Å²) >= 11 is 0. The molecule has 1 aromatic rings. The molecule has 5 heteroatoms. The molecule has 118 valence electrons. The SMILES string of the molecule is CC(=O)[C@@H]1[C@@H]2[C@H](C(=O)[C@@H]3OC[C@H]2O3)[C@@H]2c3ccccc3C=CN12. The Kier molecular flexibility index (Phi) is 2.65. The van der Waals surface area contributed by atoms with Crippen LogP contribution in [-0.2, 0) is 19.1 Å². The van der Waals surface area contributed by atoms with Gasteiger partial charge in [0.1, 0.15) is 0 Å². The van der Waals surface area contributed by atoms with Crippen LogP contribution in [0.4, 0.5) is 0 Å². The second-order valence-electron chi connectivity index (χ2n) is 6.74. The minimum atomic E-state index is -0.758. The van der Waals surface area contributed by atoms with Gasteiger partial charge in [-0.25, -0.2) is 0 Å². The van der Waals surface area contributed by atoms with Crippen LogP contribution in [0.2, 0.25) is 0 Å². The van der Waals surface area contributed by atoms with Crippen molar-refractivity contribution in [2.45, 2.75) is 31.4 Å². The number of Topliss-reactive ketones (excluding diaryl/α,β-unsaturated/α-hetero) is 2. The Morgan fingerprint density at radius 1 is 1.30 bits per heavy atom. The molecule has 23 heavy (non-hydrogen) atoms. The quantitative estimate of drug-likeness (QED) is 0.787. The number of fused-ring (bicyclic) bond motifs is 8. The lowest BCUT2D eigenvalue weighted by Crippen LogP contribution is -2.47. The first-order valence-electron chi connectivity index (χ1n) is 8.02. The average Bonchev–Trinajstić information content (AvgIpc) is 3.13. The Bertz CT molecular complexity index is 742. The summed E-state index contributed by atoms with van der Waals surface area (Å²) in [5.74, 6) is -0.332. The molecule has 2 bridgehead atoms. The Hall–Kier alpha value is -1.98. The molecule has 4 aliphatic rings. The van der Waals surface area contributed by atoms with Gasteiger partial charge in [0.15, 0.2) is 11.6 Å². The smallest absolute Gasteiger partial charge is 0.218 e. The maximum atomic E-state index is 12.9. The Labute approximate surface area is 133 Å². The van der Waals surface area contributed by atoms with Crippen molar-refractivity contribution in [2.75, 3.05) is 6.61 Å². The topological polar surface area (TPSA) is 55.8 Å². The van der Waals surface area contributed by atoms with Gasteiger partial charge in [0.25, 0.3) is 0 Å². The Morgan fingerprint density at radius 3 is 2.96 bits per heavy atom. The molecule has 0 N–H and O–H groups in total. The molecule has 3 fully saturated rings. The second kappa shape index (κ2) is 4.52. The van der Waals surface area contributed by atoms with E-state index in [9.17, 15) is 9.59 Å². The molecule has 5 rings (SSSR count). The van der Waals surface area contributed by atoms with Crippen LogP contribution in [0.5, 0.6) is 0 Å². The van der Waals surface area contributed by atoms with Gasteiger partial charge in [0.2, 0.25) is 6.29 Å². The molecular formula is C18H17NO4. The van der Waals surface area contributed by atoms with E-state index in [0.717, 1.165) is 11.1 Å². The van der Waals surface area contributed by atoms with Gasteiger partial charge in [-0.15, -0.1) is 0 Å². The standard InChI is InChI=1S/C18H17NO4/c1-9(20)15-13-12-8-22-18(23-12)17(21)14(13)16-11-5-3-2-4-10(11)6-7-19(15)16/h2-7,12-16,18H,8H2,1H3/t12-,13+,14+,15-,16+,18-/m1/s1. The molecule has 1 aromatic carbocycles. The summed E-state index contributed by atoms with van der Waals surface area (Å²) < 4.78 is 11.2. The lowest BCUT2D eigenvalue weighted by atomic mass is 9.76. The number of benzene rings is 1. The van der Waals surface area contributed by atoms with E-state index in [2.05, 4.69) is 11.0 Å². The average molecular weight is 311 g/mol. The van der Waals surface area contributed by atoms with Gasteiger partial charge in [-0.1, -0.05) is 24.3 Å². The first kappa shape index (κ1) is 13.5. The van der Waals surface area contributed by atoms with E-state index in [1.165, 1.54) is 0 Å². The molecule has 0 saturated carbocycles. The summed E-state index contributed by atoms with van der Waals surface area (Å²) in [4.78, 5) is 27.3. The first-order valence-corrected chi connectivity index (χ1v) is 8.02. The number of ketones is 2. The molecule has 0 unspecified atom stereocenters. The van der Waals surface area contributed by atoms with Gasteiger partial charge >= 0.3 is 0 Å². The van der Waals surface area contributed by atoms with Crippen molar-refractivity contribution in [2.24, 2.45) is 11.8 Å². The number of carbonyl (C=O) groups excluding carboxylic acids is 2. The minimum absolute atomic E-state index is 0.0207. The molecule has 4 heterocycles. The molecule has 5 nitrogen and oxygen atoms in total. The summed E-state index contributed by atoms with van der Waals surface area (Å²) in [6, 6.07) is 7.66. The van der Waals surface area contributed by atoms with Gasteiger partial charge in [-0.3, -0.25) is 9.59 Å². The number of hydrogen-bond donors (Lipinski definition) is 0. The molecule has 0 radical (unpaired) electrons. The third-order valence-electron chi connectivity index (χ3n) is 5.62. The van der Waals surface area contributed by atoms with E-state index in [-0.39, 0.29) is 41.6 Å². The molecule has 0 aliphatic carbocycles. The molecule has 4 aliphatic heterocycles. The van der Waals surface area contributed by atoms with Gasteiger partial charge in [-0.2, -0.15) is 0 Å². The van der Waals surface area contributed by atoms with Crippen LogP contribution in [0.15, 0.2) is 30.5 Å². The highest BCUT2D eigenvalue weighted by molar-refractivity contribution is 5.91. The van der Waals surface area contributed by atoms with E-state index in [1.54, 1.807) is 6.92 Å². The predicted molar refractivity (Wildman–Crippen MR) is 81.1 cm³/mol. The van der Waals surface area contributed by atoms with Crippen molar-refractivity contribution in [3.63, 3.8) is 0 Å². The lowest BCUT2D eigenvalue weighted by molar-refractivity contribution is -0.165. The van der Waals surface area contributed by atoms with E-state index in [4.69, 9.17) is 9.47 Å². The van der Waals surface area contributed by atoms with Gasteiger partial charge in [0.05, 0.1) is 30.7 Å². The van der Waals surface area contributed by atoms with Crippen molar-refractivity contribution in [1.82, 2.24) is 4.90 Å². The predicted octanol–water partition coefficient (Wildman–Crippen LogP) is 1.54. The highest BCUT2D eigenvalue weighted by Gasteiger charge is 2.63. The summed E-state index contributed by atoms with van der Waals surface area (Å²) in [5.41, 5.74) is 2.23. The molecule has 0 amide bonds. The number of rotatable bonds is 1. The molecule has 3 saturated heterocycles. The monoisotopic (exact) mass is 311 g/mol. The fourth-order valence-electron chi connectivity index (χ4n) is 4.79. The highest BCUT2D eigenvalue weighted by atomic mass is 16.7. The van der Waals surface area contributed by atoms with Crippen molar-refractivity contribution in [1.29, 1.82) is 0 Å². The van der Waals surface area contributed by atoms with Crippen LogP contribution >= 0.6 is 0 Å². The van der Waals surface area contributed by atoms with Crippen molar-refractivity contribution in [3.8, 4) is 0 Å². The molecular weight excluding hydrogens is 294 g/mol. The zero-order valence-corrected chi connectivity index (χ0v) is 12.7. The van der Waals surface area contributed by atoms with Crippen LogP contribution < -0.4 is 0 Å². The van der Waals surface area contributed by atoms with Crippen LogP contribution in [0.3, 0.4) is 0 Å².